The summed E-state index contributed by atoms with van der Waals surface area (Å²) in [5.41, 5.74) is 7.97. The first kappa shape index (κ1) is 13.3. The predicted molar refractivity (Wildman–Crippen MR) is 81.1 cm³/mol. The molecule has 2 nitrogen and oxygen atoms in total. The molecule has 0 spiro atoms. The van der Waals surface area contributed by atoms with Gasteiger partial charge in [-0.05, 0) is 45.8 Å². The first-order chi connectivity index (χ1) is 8.70. The van der Waals surface area contributed by atoms with Gasteiger partial charge in [0.15, 0.2) is 0 Å². The summed E-state index contributed by atoms with van der Waals surface area (Å²) < 4.78 is 6.18. The molecule has 94 valence electrons. The Morgan fingerprint density at radius 3 is 2.67 bits per heavy atom. The maximum absolute atomic E-state index is 5.91. The van der Waals surface area contributed by atoms with Crippen LogP contribution in [0.1, 0.15) is 5.56 Å². The molecule has 2 N–H and O–H groups in total. The molecule has 0 aliphatic rings. The summed E-state index contributed by atoms with van der Waals surface area (Å²) in [5.74, 6) is 1.74. The van der Waals surface area contributed by atoms with Crippen LogP contribution in [0.5, 0.6) is 5.75 Å². The summed E-state index contributed by atoms with van der Waals surface area (Å²) in [6.07, 6.45) is 0. The fraction of sp³-hybridized carbons (Fsp3) is 0.143. The van der Waals surface area contributed by atoms with Crippen molar-refractivity contribution < 1.29 is 4.74 Å². The van der Waals surface area contributed by atoms with Gasteiger partial charge in [-0.25, -0.2) is 0 Å². The van der Waals surface area contributed by atoms with E-state index in [1.165, 1.54) is 5.56 Å². The fourth-order valence-corrected chi connectivity index (χ4v) is 3.07. The summed E-state index contributed by atoms with van der Waals surface area (Å²) in [5, 5.41) is 0. The van der Waals surface area contributed by atoms with Gasteiger partial charge in [-0.1, -0.05) is 18.2 Å². The number of para-hydroxylation sites is 1. The highest BCUT2D eigenvalue weighted by Crippen LogP contribution is 2.31. The number of hydrogen-bond acceptors (Lipinski definition) is 3. The van der Waals surface area contributed by atoms with Crippen molar-refractivity contribution >= 4 is 33.4 Å². The molecule has 0 fully saturated rings. The maximum Gasteiger partial charge on any atom is 0.133 e. The molecule has 0 amide bonds. The minimum Gasteiger partial charge on any atom is -0.496 e. The number of methoxy groups -OCH3 is 1. The lowest BCUT2D eigenvalue weighted by Crippen LogP contribution is -1.89. The summed E-state index contributed by atoms with van der Waals surface area (Å²) in [7, 11) is 1.67. The molecule has 2 rings (SSSR count). The second-order valence-corrected chi connectivity index (χ2v) is 5.67. The van der Waals surface area contributed by atoms with Crippen LogP contribution in [0.2, 0.25) is 0 Å². The van der Waals surface area contributed by atoms with Crippen molar-refractivity contribution in [3.05, 3.63) is 52.5 Å². The fourth-order valence-electron chi connectivity index (χ4n) is 1.57. The number of halogens is 1. The van der Waals surface area contributed by atoms with Crippen molar-refractivity contribution in [1.29, 1.82) is 0 Å². The molecule has 0 aromatic heterocycles. The smallest absolute Gasteiger partial charge is 0.133 e. The molecule has 2 aromatic rings. The van der Waals surface area contributed by atoms with E-state index >= 15 is 0 Å². The monoisotopic (exact) mass is 323 g/mol. The molecule has 0 aliphatic heterocycles. The Bertz CT molecular complexity index is 545. The van der Waals surface area contributed by atoms with E-state index in [9.17, 15) is 0 Å². The third-order valence-corrected chi connectivity index (χ3v) is 4.31. The number of nitrogen functional groups attached to an aromatic ring is 1. The number of benzene rings is 2. The largest absolute Gasteiger partial charge is 0.496 e. The van der Waals surface area contributed by atoms with E-state index in [4.69, 9.17) is 10.5 Å². The van der Waals surface area contributed by atoms with Crippen LogP contribution in [-0.2, 0) is 5.75 Å². The van der Waals surface area contributed by atoms with Crippen molar-refractivity contribution in [2.24, 2.45) is 0 Å². The highest BCUT2D eigenvalue weighted by Gasteiger charge is 2.03. The van der Waals surface area contributed by atoms with E-state index in [0.717, 1.165) is 26.6 Å². The Kier molecular flexibility index (Phi) is 4.55. The summed E-state index contributed by atoms with van der Waals surface area (Å²) >= 11 is 5.22. The zero-order valence-corrected chi connectivity index (χ0v) is 12.4. The van der Waals surface area contributed by atoms with Gasteiger partial charge in [0.2, 0.25) is 0 Å². The molecule has 0 saturated carbocycles. The van der Waals surface area contributed by atoms with Crippen LogP contribution in [-0.4, -0.2) is 7.11 Å². The Hall–Kier alpha value is -1.13. The lowest BCUT2D eigenvalue weighted by molar-refractivity contribution is 0.412. The van der Waals surface area contributed by atoms with Crippen LogP contribution in [0.25, 0.3) is 0 Å². The Balaban J connectivity index is 2.07. The predicted octanol–water partition coefficient (Wildman–Crippen LogP) is 4.33. The van der Waals surface area contributed by atoms with Crippen molar-refractivity contribution in [2.75, 3.05) is 12.8 Å². The van der Waals surface area contributed by atoms with Crippen LogP contribution in [0.3, 0.4) is 0 Å². The second-order valence-electron chi connectivity index (χ2n) is 3.80. The average Bonchev–Trinajstić information content (AvgIpc) is 2.38. The number of thioether (sulfide) groups is 1. The maximum atomic E-state index is 5.91. The molecular weight excluding hydrogens is 310 g/mol. The van der Waals surface area contributed by atoms with Crippen molar-refractivity contribution in [3.8, 4) is 5.75 Å². The number of nitrogens with two attached hydrogens (primary N) is 1. The van der Waals surface area contributed by atoms with Gasteiger partial charge in [-0.2, -0.15) is 0 Å². The van der Waals surface area contributed by atoms with Crippen LogP contribution >= 0.6 is 27.7 Å². The normalized spacial score (nSPS) is 10.3. The van der Waals surface area contributed by atoms with Crippen molar-refractivity contribution in [2.45, 2.75) is 10.6 Å². The summed E-state index contributed by atoms with van der Waals surface area (Å²) in [6.45, 7) is 0. The molecule has 0 atom stereocenters. The lowest BCUT2D eigenvalue weighted by Gasteiger charge is -2.07. The molecule has 0 unspecified atom stereocenters. The lowest BCUT2D eigenvalue weighted by atomic mass is 10.2. The van der Waals surface area contributed by atoms with Gasteiger partial charge in [0.1, 0.15) is 5.75 Å². The molecule has 4 heteroatoms. The van der Waals surface area contributed by atoms with E-state index in [1.807, 2.05) is 30.3 Å². The van der Waals surface area contributed by atoms with Crippen LogP contribution in [0.4, 0.5) is 5.69 Å². The van der Waals surface area contributed by atoms with E-state index in [2.05, 4.69) is 28.1 Å². The minimum absolute atomic E-state index is 0.829. The Morgan fingerprint density at radius 1 is 1.22 bits per heavy atom. The Labute approximate surface area is 120 Å². The third-order valence-electron chi connectivity index (χ3n) is 2.53. The molecule has 0 radical (unpaired) electrons. The highest BCUT2D eigenvalue weighted by molar-refractivity contribution is 9.10. The van der Waals surface area contributed by atoms with E-state index < -0.39 is 0 Å². The number of ether oxygens (including phenoxy) is 1. The molecule has 0 bridgehead atoms. The number of hydrogen-bond donors (Lipinski definition) is 1. The van der Waals surface area contributed by atoms with Gasteiger partial charge in [-0.3, -0.25) is 0 Å². The average molecular weight is 324 g/mol. The van der Waals surface area contributed by atoms with E-state index in [-0.39, 0.29) is 0 Å². The summed E-state index contributed by atoms with van der Waals surface area (Å²) in [4.78, 5) is 1.12. The van der Waals surface area contributed by atoms with Gasteiger partial charge >= 0.3 is 0 Å². The van der Waals surface area contributed by atoms with Crippen LogP contribution in [0.15, 0.2) is 51.8 Å². The molecule has 0 saturated heterocycles. The van der Waals surface area contributed by atoms with Gasteiger partial charge < -0.3 is 10.5 Å². The minimum atomic E-state index is 0.829. The van der Waals surface area contributed by atoms with E-state index in [0.29, 0.717) is 0 Å². The number of rotatable bonds is 4. The SMILES string of the molecule is COc1ccc(CSc2ccccc2N)cc1Br. The standard InChI is InChI=1S/C14H14BrNOS/c1-17-13-7-6-10(8-11(13)15)9-18-14-5-3-2-4-12(14)16/h2-8H,9,16H2,1H3. The number of anilines is 1. The Morgan fingerprint density at radius 2 is 2.00 bits per heavy atom. The molecule has 0 aliphatic carbocycles. The van der Waals surface area contributed by atoms with Crippen molar-refractivity contribution in [1.82, 2.24) is 0 Å². The summed E-state index contributed by atoms with van der Waals surface area (Å²) in [6, 6.07) is 14.0. The first-order valence-corrected chi connectivity index (χ1v) is 7.28. The van der Waals surface area contributed by atoms with Crippen LogP contribution in [0, 0.1) is 0 Å². The second kappa shape index (κ2) is 6.16. The molecule has 0 heterocycles. The van der Waals surface area contributed by atoms with Gasteiger partial charge in [0.25, 0.3) is 0 Å². The van der Waals surface area contributed by atoms with Gasteiger partial charge in [-0.15, -0.1) is 11.8 Å². The third kappa shape index (κ3) is 3.21. The first-order valence-electron chi connectivity index (χ1n) is 5.50. The van der Waals surface area contributed by atoms with Gasteiger partial charge in [0, 0.05) is 16.3 Å². The highest BCUT2D eigenvalue weighted by atomic mass is 79.9. The zero-order chi connectivity index (χ0) is 13.0. The zero-order valence-electron chi connectivity index (χ0n) is 10.0. The molecular formula is C14H14BrNOS. The molecule has 18 heavy (non-hydrogen) atoms. The topological polar surface area (TPSA) is 35.2 Å². The van der Waals surface area contributed by atoms with Crippen LogP contribution < -0.4 is 10.5 Å². The van der Waals surface area contributed by atoms with Gasteiger partial charge in [0.05, 0.1) is 11.6 Å². The van der Waals surface area contributed by atoms with E-state index in [1.54, 1.807) is 18.9 Å². The molecule has 2 aromatic carbocycles. The van der Waals surface area contributed by atoms with Crippen molar-refractivity contribution in [3.63, 3.8) is 0 Å². The quantitative estimate of drug-likeness (QED) is 0.671.